The smallest absolute Gasteiger partial charge is 0.346 e. The summed E-state index contributed by atoms with van der Waals surface area (Å²) in [5.41, 5.74) is 7.31. The number of hydrogen-bond donors (Lipinski definition) is 1. The molecule has 0 bridgehead atoms. The minimum Gasteiger partial charge on any atom is -0.496 e. The topological polar surface area (TPSA) is 70.8 Å². The van der Waals surface area contributed by atoms with E-state index >= 15 is 0 Å². The molecule has 0 aliphatic heterocycles. The molecule has 0 aromatic heterocycles. The normalized spacial score (nSPS) is 10.0. The van der Waals surface area contributed by atoms with E-state index in [-0.39, 0.29) is 12.2 Å². The van der Waals surface area contributed by atoms with Crippen LogP contribution in [-0.2, 0) is 11.3 Å². The van der Waals surface area contributed by atoms with Gasteiger partial charge in [0.25, 0.3) is 0 Å². The molecule has 0 radical (unpaired) electrons. The van der Waals surface area contributed by atoms with Crippen LogP contribution in [-0.4, -0.2) is 20.2 Å². The molecule has 0 aliphatic rings. The Bertz CT molecular complexity index is 600. The van der Waals surface area contributed by atoms with Gasteiger partial charge in [-0.2, -0.15) is 0 Å². The van der Waals surface area contributed by atoms with Crippen LogP contribution in [0.1, 0.15) is 15.9 Å². The number of ether oxygens (including phenoxy) is 3. The van der Waals surface area contributed by atoms with Gasteiger partial charge in [0.05, 0.1) is 14.2 Å². The summed E-state index contributed by atoms with van der Waals surface area (Å²) >= 11 is 0. The van der Waals surface area contributed by atoms with Crippen molar-refractivity contribution in [2.24, 2.45) is 0 Å². The molecule has 0 saturated heterocycles. The lowest BCUT2D eigenvalue weighted by molar-refractivity contribution is 0.0465. The molecule has 0 spiro atoms. The molecule has 110 valence electrons. The summed E-state index contributed by atoms with van der Waals surface area (Å²) in [6.45, 7) is 0.177. The number of esters is 1. The molecule has 2 rings (SSSR count). The predicted octanol–water partition coefficient (Wildman–Crippen LogP) is 2.64. The summed E-state index contributed by atoms with van der Waals surface area (Å²) in [5.74, 6) is 0.127. The van der Waals surface area contributed by atoms with Crippen molar-refractivity contribution in [1.29, 1.82) is 0 Å². The summed E-state index contributed by atoms with van der Waals surface area (Å²) in [6, 6.07) is 12.5. The van der Waals surface area contributed by atoms with Gasteiger partial charge in [-0.1, -0.05) is 30.3 Å². The number of rotatable bonds is 5. The van der Waals surface area contributed by atoms with Crippen LogP contribution in [0.25, 0.3) is 0 Å². The average molecular weight is 287 g/mol. The van der Waals surface area contributed by atoms with E-state index in [9.17, 15) is 4.79 Å². The van der Waals surface area contributed by atoms with Crippen LogP contribution in [0, 0.1) is 0 Å². The van der Waals surface area contributed by atoms with Crippen molar-refractivity contribution in [2.45, 2.75) is 6.61 Å². The number of benzene rings is 2. The number of anilines is 1. The summed E-state index contributed by atoms with van der Waals surface area (Å²) in [7, 11) is 2.92. The summed E-state index contributed by atoms with van der Waals surface area (Å²) in [4.78, 5) is 12.3. The first-order chi connectivity index (χ1) is 10.2. The van der Waals surface area contributed by atoms with Crippen LogP contribution in [0.3, 0.4) is 0 Å². The largest absolute Gasteiger partial charge is 0.496 e. The van der Waals surface area contributed by atoms with Crippen molar-refractivity contribution in [3.8, 4) is 11.5 Å². The van der Waals surface area contributed by atoms with Crippen LogP contribution >= 0.6 is 0 Å². The van der Waals surface area contributed by atoms with E-state index in [0.29, 0.717) is 17.2 Å². The fraction of sp³-hybridized carbons (Fsp3) is 0.188. The Hall–Kier alpha value is -2.69. The van der Waals surface area contributed by atoms with Crippen LogP contribution in [0.2, 0.25) is 0 Å². The lowest BCUT2D eigenvalue weighted by Crippen LogP contribution is -2.10. The second-order valence-corrected chi connectivity index (χ2v) is 4.36. The first kappa shape index (κ1) is 14.7. The van der Waals surface area contributed by atoms with Gasteiger partial charge < -0.3 is 19.9 Å². The number of nitrogens with two attached hydrogens (primary N) is 1. The molecular formula is C16H17NO4. The number of nitrogen functional groups attached to an aromatic ring is 1. The SMILES string of the molecule is COc1cc(N)cc(OC)c1C(=O)OCc1ccccc1. The van der Waals surface area contributed by atoms with Crippen LogP contribution in [0.4, 0.5) is 5.69 Å². The zero-order valence-corrected chi connectivity index (χ0v) is 12.0. The highest BCUT2D eigenvalue weighted by Crippen LogP contribution is 2.32. The first-order valence-electron chi connectivity index (χ1n) is 6.38. The third-order valence-electron chi connectivity index (χ3n) is 2.95. The van der Waals surface area contributed by atoms with Crippen molar-refractivity contribution in [1.82, 2.24) is 0 Å². The van der Waals surface area contributed by atoms with Crippen molar-refractivity contribution in [3.05, 3.63) is 53.6 Å². The van der Waals surface area contributed by atoms with E-state index < -0.39 is 5.97 Å². The Morgan fingerprint density at radius 3 is 2.14 bits per heavy atom. The Balaban J connectivity index is 2.22. The molecule has 2 N–H and O–H groups in total. The Morgan fingerprint density at radius 1 is 1.05 bits per heavy atom. The van der Waals surface area contributed by atoms with Gasteiger partial charge in [-0.15, -0.1) is 0 Å². The van der Waals surface area contributed by atoms with Gasteiger partial charge in [-0.3, -0.25) is 0 Å². The molecule has 5 heteroatoms. The molecule has 2 aromatic rings. The minimum absolute atomic E-state index is 0.177. The first-order valence-corrected chi connectivity index (χ1v) is 6.38. The van der Waals surface area contributed by atoms with E-state index in [4.69, 9.17) is 19.9 Å². The molecule has 0 amide bonds. The predicted molar refractivity (Wildman–Crippen MR) is 79.5 cm³/mol. The highest BCUT2D eigenvalue weighted by atomic mass is 16.5. The highest BCUT2D eigenvalue weighted by molar-refractivity contribution is 5.96. The molecule has 2 aromatic carbocycles. The van der Waals surface area contributed by atoms with E-state index in [1.807, 2.05) is 30.3 Å². The van der Waals surface area contributed by atoms with Crippen LogP contribution in [0.5, 0.6) is 11.5 Å². The highest BCUT2D eigenvalue weighted by Gasteiger charge is 2.21. The molecule has 5 nitrogen and oxygen atoms in total. The molecule has 0 unspecified atom stereocenters. The van der Waals surface area contributed by atoms with Crippen molar-refractivity contribution in [2.75, 3.05) is 20.0 Å². The maximum Gasteiger partial charge on any atom is 0.346 e. The third kappa shape index (κ3) is 3.45. The molecule has 0 saturated carbocycles. The van der Waals surface area contributed by atoms with Gasteiger partial charge >= 0.3 is 5.97 Å². The fourth-order valence-corrected chi connectivity index (χ4v) is 1.93. The maximum absolute atomic E-state index is 12.3. The standard InChI is InChI=1S/C16H17NO4/c1-19-13-8-12(17)9-14(20-2)15(13)16(18)21-10-11-6-4-3-5-7-11/h3-9H,10,17H2,1-2H3. The van der Waals surface area contributed by atoms with E-state index in [2.05, 4.69) is 0 Å². The molecule has 0 heterocycles. The molecule has 0 atom stereocenters. The van der Waals surface area contributed by atoms with Gasteiger partial charge in [-0.05, 0) is 5.56 Å². The monoisotopic (exact) mass is 287 g/mol. The van der Waals surface area contributed by atoms with Gasteiger partial charge in [0.1, 0.15) is 23.7 Å². The van der Waals surface area contributed by atoms with Crippen molar-refractivity contribution < 1.29 is 19.0 Å². The van der Waals surface area contributed by atoms with E-state index in [1.54, 1.807) is 12.1 Å². The summed E-state index contributed by atoms with van der Waals surface area (Å²) < 4.78 is 15.7. The number of carbonyl (C=O) groups excluding carboxylic acids is 1. The molecule has 0 aliphatic carbocycles. The molecule has 0 fully saturated rings. The van der Waals surface area contributed by atoms with E-state index in [0.717, 1.165) is 5.56 Å². The Morgan fingerprint density at radius 2 is 1.62 bits per heavy atom. The fourth-order valence-electron chi connectivity index (χ4n) is 1.93. The van der Waals surface area contributed by atoms with Crippen molar-refractivity contribution in [3.63, 3.8) is 0 Å². The van der Waals surface area contributed by atoms with Crippen LogP contribution in [0.15, 0.2) is 42.5 Å². The Kier molecular flexibility index (Phi) is 4.66. The van der Waals surface area contributed by atoms with Crippen molar-refractivity contribution >= 4 is 11.7 Å². The second kappa shape index (κ2) is 6.65. The number of methoxy groups -OCH3 is 2. The second-order valence-electron chi connectivity index (χ2n) is 4.36. The molecule has 21 heavy (non-hydrogen) atoms. The van der Waals surface area contributed by atoms with Gasteiger partial charge in [0.15, 0.2) is 0 Å². The number of carbonyl (C=O) groups is 1. The third-order valence-corrected chi connectivity index (χ3v) is 2.95. The van der Waals surface area contributed by atoms with Gasteiger partial charge in [0.2, 0.25) is 0 Å². The Labute approximate surface area is 123 Å². The summed E-state index contributed by atoms with van der Waals surface area (Å²) in [6.07, 6.45) is 0. The van der Waals surface area contributed by atoms with Gasteiger partial charge in [-0.25, -0.2) is 4.79 Å². The minimum atomic E-state index is -0.521. The lowest BCUT2D eigenvalue weighted by atomic mass is 10.1. The quantitative estimate of drug-likeness (QED) is 0.676. The van der Waals surface area contributed by atoms with E-state index in [1.165, 1.54) is 14.2 Å². The van der Waals surface area contributed by atoms with Crippen LogP contribution < -0.4 is 15.2 Å². The zero-order chi connectivity index (χ0) is 15.2. The lowest BCUT2D eigenvalue weighted by Gasteiger charge is -2.13. The summed E-state index contributed by atoms with van der Waals surface area (Å²) in [5, 5.41) is 0. The average Bonchev–Trinajstić information content (AvgIpc) is 2.52. The zero-order valence-electron chi connectivity index (χ0n) is 12.0. The van der Waals surface area contributed by atoms with Gasteiger partial charge in [0, 0.05) is 17.8 Å². The number of hydrogen-bond acceptors (Lipinski definition) is 5. The maximum atomic E-state index is 12.3. The molecular weight excluding hydrogens is 270 g/mol.